The first kappa shape index (κ1) is 91.0. The summed E-state index contributed by atoms with van der Waals surface area (Å²) in [5.41, 5.74) is 26.3. The number of aromatic nitrogens is 8. The Morgan fingerprint density at radius 3 is 0.968 bits per heavy atom. The van der Waals surface area contributed by atoms with Crippen molar-refractivity contribution in [2.45, 2.75) is 158 Å². The van der Waals surface area contributed by atoms with Crippen LogP contribution < -0.4 is 0 Å². The summed E-state index contributed by atoms with van der Waals surface area (Å²) >= 11 is 0. The van der Waals surface area contributed by atoms with E-state index in [0.717, 1.165) is 112 Å². The molecule has 636 valence electrons. The Morgan fingerprint density at radius 2 is 0.556 bits per heavy atom. The van der Waals surface area contributed by atoms with E-state index >= 15 is 0 Å². The van der Waals surface area contributed by atoms with Crippen LogP contribution >= 0.6 is 0 Å². The second-order valence-corrected chi connectivity index (χ2v) is 33.6. The monoisotopic (exact) mass is 2340 g/mol. The van der Waals surface area contributed by atoms with Crippen LogP contribution in [0.3, 0.4) is 0 Å². The first-order chi connectivity index (χ1) is 58.2. The first-order valence-electron chi connectivity index (χ1n) is 42.2. The van der Waals surface area contributed by atoms with E-state index in [9.17, 15) is 0 Å². The minimum absolute atomic E-state index is 0. The van der Waals surface area contributed by atoms with Gasteiger partial charge in [-0.05, 0) is 129 Å². The van der Waals surface area contributed by atoms with Gasteiger partial charge in [0.1, 0.15) is 39.1 Å². The molecular formula is C108H100Ir4N8O4-4. The number of rotatable bonds is 16. The molecule has 0 aliphatic heterocycles. The largest absolute Gasteiger partial charge is 0.456 e. The van der Waals surface area contributed by atoms with Crippen molar-refractivity contribution in [3.8, 4) is 68.3 Å². The summed E-state index contributed by atoms with van der Waals surface area (Å²) in [5.74, 6) is 6.31. The molecule has 0 N–H and O–H groups in total. The number of hydrogen-bond donors (Lipinski definition) is 0. The normalized spacial score (nSPS) is 11.5. The molecule has 0 saturated heterocycles. The topological polar surface area (TPSA) is 124 Å². The van der Waals surface area contributed by atoms with Crippen molar-refractivity contribution >= 4 is 87.8 Å². The molecule has 0 aliphatic carbocycles. The second-order valence-electron chi connectivity index (χ2n) is 33.6. The average molecular weight is 2340 g/mol. The van der Waals surface area contributed by atoms with Crippen molar-refractivity contribution in [2.24, 2.45) is 0 Å². The van der Waals surface area contributed by atoms with Gasteiger partial charge in [-0.3, -0.25) is 19.9 Å². The van der Waals surface area contributed by atoms with Crippen LogP contribution in [-0.2, 0) is 80.4 Å². The van der Waals surface area contributed by atoms with E-state index < -0.39 is 0 Å². The van der Waals surface area contributed by atoms with E-state index in [0.29, 0.717) is 41.4 Å². The molecule has 12 nitrogen and oxygen atoms in total. The van der Waals surface area contributed by atoms with Crippen molar-refractivity contribution in [1.82, 2.24) is 38.2 Å². The molecule has 0 fully saturated rings. The summed E-state index contributed by atoms with van der Waals surface area (Å²) in [6, 6.07) is 87.8. The quantitative estimate of drug-likeness (QED) is 0.0876. The van der Waals surface area contributed by atoms with Crippen LogP contribution in [0.25, 0.3) is 156 Å². The van der Waals surface area contributed by atoms with E-state index in [2.05, 4.69) is 291 Å². The average Bonchev–Trinajstić information content (AvgIpc) is 1.57. The molecular weight excluding hydrogens is 2240 g/mol. The molecule has 8 heterocycles. The molecule has 8 aromatic heterocycles. The number of para-hydroxylation sites is 4. The molecule has 20 rings (SSSR count). The third-order valence-electron chi connectivity index (χ3n) is 23.0. The molecule has 20 aromatic rings. The molecule has 0 aliphatic rings. The maximum absolute atomic E-state index is 6.52. The molecule has 12 aromatic carbocycles. The van der Waals surface area contributed by atoms with Crippen molar-refractivity contribution < 1.29 is 98.1 Å². The van der Waals surface area contributed by atoms with Crippen molar-refractivity contribution in [1.29, 1.82) is 0 Å². The summed E-state index contributed by atoms with van der Waals surface area (Å²) < 4.78 is 34.5. The summed E-state index contributed by atoms with van der Waals surface area (Å²) in [6.45, 7) is 35.9. The maximum atomic E-state index is 6.52. The summed E-state index contributed by atoms with van der Waals surface area (Å²) in [6.07, 6.45) is 15.7. The number of benzene rings is 12. The number of hydrogen-bond acceptors (Lipinski definition) is 8. The number of furan rings is 4. The molecule has 0 unspecified atom stereocenters. The van der Waals surface area contributed by atoms with Crippen molar-refractivity contribution in [2.75, 3.05) is 0 Å². The van der Waals surface area contributed by atoms with Gasteiger partial charge in [-0.2, -0.15) is 0 Å². The van der Waals surface area contributed by atoms with Crippen molar-refractivity contribution in [3.05, 3.63) is 337 Å². The molecule has 0 spiro atoms. The van der Waals surface area contributed by atoms with Gasteiger partial charge in [-0.1, -0.05) is 190 Å². The van der Waals surface area contributed by atoms with Gasteiger partial charge < -0.3 is 35.9 Å². The Kier molecular flexibility index (Phi) is 28.5. The van der Waals surface area contributed by atoms with E-state index in [1.54, 1.807) is 0 Å². The minimum Gasteiger partial charge on any atom is -0.456 e. The van der Waals surface area contributed by atoms with Gasteiger partial charge in [-0.25, -0.2) is 0 Å². The van der Waals surface area contributed by atoms with Crippen LogP contribution in [0.1, 0.15) is 203 Å². The fourth-order valence-corrected chi connectivity index (χ4v) is 17.3. The van der Waals surface area contributed by atoms with E-state index in [1.807, 2.05) is 140 Å². The Balaban J connectivity index is 0.000000141. The summed E-state index contributed by atoms with van der Waals surface area (Å²) in [5, 5.41) is 9.41. The minimum atomic E-state index is 0. The smallest absolute Gasteiger partial charge is 0.159 e. The van der Waals surface area contributed by atoms with E-state index in [-0.39, 0.29) is 86.3 Å². The zero-order valence-corrected chi connectivity index (χ0v) is 82.1. The Hall–Kier alpha value is -10.7. The first-order valence-corrected chi connectivity index (χ1v) is 42.2. The van der Waals surface area contributed by atoms with Gasteiger partial charge in [0.15, 0.2) is 5.58 Å². The SMILES string of the molecule is CC(C)c1cc(C(C)C)c2c(oc3ccccc32)c1-n1ccnc1-c1[c-]cccc1.CC(C)c1cc(C(C)C)c2oc3ccccc3c2c1-n1ccnc1-c1[c-]cccc1.CC(C)c1cc2c(oc3ccccc32)c(C(C)C)c1-n1ccnc1-c1[c-]cccc1.CC(C)c1cc2oc3ccccc3c2c(C(C)C)c1-n1ccnc1-c1[c-]cccc1.[Ir].[Ir].[Ir].[Ir]. The van der Waals surface area contributed by atoms with Gasteiger partial charge in [0.2, 0.25) is 0 Å². The molecule has 4 radical (unpaired) electrons. The Bertz CT molecular complexity index is 7040. The number of imidazole rings is 4. The van der Waals surface area contributed by atoms with Crippen LogP contribution in [-0.4, -0.2) is 38.2 Å². The van der Waals surface area contributed by atoms with Crippen LogP contribution in [0.15, 0.2) is 286 Å². The van der Waals surface area contributed by atoms with Gasteiger partial charge in [0, 0.05) is 185 Å². The molecule has 16 heteroatoms. The van der Waals surface area contributed by atoms with Crippen LogP contribution in [0, 0.1) is 24.3 Å². The zero-order valence-electron chi connectivity index (χ0n) is 72.6. The van der Waals surface area contributed by atoms with Gasteiger partial charge >= 0.3 is 0 Å². The maximum Gasteiger partial charge on any atom is 0.159 e. The Morgan fingerprint density at radius 1 is 0.242 bits per heavy atom. The number of nitrogens with zero attached hydrogens (tertiary/aromatic N) is 8. The second kappa shape index (κ2) is 38.8. The fraction of sp³-hybridized carbons (Fsp3) is 0.222. The Labute approximate surface area is 780 Å². The van der Waals surface area contributed by atoms with Gasteiger partial charge in [0.25, 0.3) is 0 Å². The standard InChI is InChI=1S/4C27H25N2O.4Ir/c1-17(2)21-16-22-20-12-8-9-13-23(20)30-26(22)24(18(3)4)25(21)29-15-14-28-27(29)19-10-6-5-7-11-19;1-17(2)21-16-22(18(3)4)26-24(20-12-8-9-13-23(20)30-26)25(21)29-15-14-28-27(29)19-10-6-5-7-11-19;1-17(2)21-16-22(18(3)4)25(26-24(21)20-12-8-9-13-23(20)30-26)29-15-14-28-27(29)19-10-6-5-7-11-19;1-17(2)21-16-23-25(20-12-8-9-13-22(20)30-23)24(18(3)4)26(21)29-15-14-28-27(29)19-10-6-5-7-11-19;;;;/h4*5-10,12-18H,1-4H3;;;;/q4*-1;;;;. The van der Waals surface area contributed by atoms with E-state index in [1.165, 1.54) is 88.2 Å². The fourth-order valence-electron chi connectivity index (χ4n) is 17.3. The van der Waals surface area contributed by atoms with Crippen LogP contribution in [0.5, 0.6) is 0 Å². The number of fused-ring (bicyclic) bond motifs is 12. The predicted molar refractivity (Wildman–Crippen MR) is 493 cm³/mol. The van der Waals surface area contributed by atoms with Gasteiger partial charge in [0.05, 0.1) is 40.1 Å². The van der Waals surface area contributed by atoms with Crippen molar-refractivity contribution in [3.63, 3.8) is 0 Å². The summed E-state index contributed by atoms with van der Waals surface area (Å²) in [4.78, 5) is 18.8. The molecule has 124 heavy (non-hydrogen) atoms. The zero-order chi connectivity index (χ0) is 83.3. The molecule has 0 saturated carbocycles. The van der Waals surface area contributed by atoms with Crippen LogP contribution in [0.4, 0.5) is 0 Å². The predicted octanol–water partition coefficient (Wildman–Crippen LogP) is 29.9. The van der Waals surface area contributed by atoms with Gasteiger partial charge in [-0.15, -0.1) is 144 Å². The third-order valence-corrected chi connectivity index (χ3v) is 23.0. The summed E-state index contributed by atoms with van der Waals surface area (Å²) in [7, 11) is 0. The molecule has 0 amide bonds. The molecule has 0 atom stereocenters. The third kappa shape index (κ3) is 17.1. The van der Waals surface area contributed by atoms with E-state index in [4.69, 9.17) is 27.6 Å². The molecule has 0 bridgehead atoms. The van der Waals surface area contributed by atoms with Crippen LogP contribution in [0.2, 0.25) is 0 Å².